The van der Waals surface area contributed by atoms with Crippen molar-refractivity contribution >= 4 is 17.5 Å². The maximum absolute atomic E-state index is 12.8. The Morgan fingerprint density at radius 2 is 1.82 bits per heavy atom. The number of benzene rings is 2. The van der Waals surface area contributed by atoms with Gasteiger partial charge in [0.25, 0.3) is 0 Å². The lowest BCUT2D eigenvalue weighted by atomic mass is 9.84. The Hall–Kier alpha value is -3.34. The first-order chi connectivity index (χ1) is 18.6. The first-order valence-electron chi connectivity index (χ1n) is 13.2. The van der Waals surface area contributed by atoms with Crippen LogP contribution in [-0.4, -0.2) is 61.8 Å². The first-order valence-corrected chi connectivity index (χ1v) is 13.2. The van der Waals surface area contributed by atoms with Gasteiger partial charge in [-0.1, -0.05) is 6.07 Å². The SMILES string of the molecule is O=C(C[C@@H]1C[C@@H]2c3cc(NC(=O)C4CCOCC4)ccc3O[C@@H]2[C@H](CO)O1)NCc1ccc2c(c1)OCO2. The second kappa shape index (κ2) is 10.8. The van der Waals surface area contributed by atoms with E-state index in [1.54, 1.807) is 0 Å². The van der Waals surface area contributed by atoms with Gasteiger partial charge in [-0.25, -0.2) is 0 Å². The lowest BCUT2D eigenvalue weighted by Crippen LogP contribution is -2.47. The Bertz CT molecular complexity index is 1200. The molecule has 10 heteroatoms. The van der Waals surface area contributed by atoms with E-state index in [4.69, 9.17) is 23.7 Å². The van der Waals surface area contributed by atoms with Crippen molar-refractivity contribution in [3.8, 4) is 17.2 Å². The van der Waals surface area contributed by atoms with Crippen LogP contribution in [0.15, 0.2) is 36.4 Å². The van der Waals surface area contributed by atoms with Crippen LogP contribution in [0.1, 0.15) is 42.7 Å². The van der Waals surface area contributed by atoms with E-state index in [1.165, 1.54) is 0 Å². The summed E-state index contributed by atoms with van der Waals surface area (Å²) in [4.78, 5) is 25.5. The van der Waals surface area contributed by atoms with Crippen molar-refractivity contribution in [2.24, 2.45) is 5.92 Å². The molecule has 2 saturated heterocycles. The molecule has 0 spiro atoms. The summed E-state index contributed by atoms with van der Waals surface area (Å²) in [5.74, 6) is 1.85. The summed E-state index contributed by atoms with van der Waals surface area (Å²) in [7, 11) is 0. The van der Waals surface area contributed by atoms with E-state index < -0.39 is 6.10 Å². The van der Waals surface area contributed by atoms with E-state index in [9.17, 15) is 14.7 Å². The topological polar surface area (TPSA) is 125 Å². The molecule has 0 saturated carbocycles. The number of carbonyl (C=O) groups excluding carboxylic acids is 2. The third-order valence-corrected chi connectivity index (χ3v) is 7.70. The van der Waals surface area contributed by atoms with Gasteiger partial charge in [0.05, 0.1) is 19.1 Å². The highest BCUT2D eigenvalue weighted by Crippen LogP contribution is 2.47. The molecule has 2 fully saturated rings. The summed E-state index contributed by atoms with van der Waals surface area (Å²) in [5.41, 5.74) is 2.59. The molecule has 3 N–H and O–H groups in total. The number of ether oxygens (including phenoxy) is 5. The number of aliphatic hydroxyl groups is 1. The first kappa shape index (κ1) is 25.0. The zero-order valence-corrected chi connectivity index (χ0v) is 21.0. The van der Waals surface area contributed by atoms with Gasteiger partial charge in [0.2, 0.25) is 18.6 Å². The molecule has 4 aliphatic rings. The zero-order valence-electron chi connectivity index (χ0n) is 21.0. The van der Waals surface area contributed by atoms with Gasteiger partial charge in [0.1, 0.15) is 18.0 Å². The minimum atomic E-state index is -0.548. The molecule has 0 radical (unpaired) electrons. The highest BCUT2D eigenvalue weighted by molar-refractivity contribution is 5.92. The predicted octanol–water partition coefficient (Wildman–Crippen LogP) is 2.48. The maximum Gasteiger partial charge on any atom is 0.231 e. The smallest absolute Gasteiger partial charge is 0.231 e. The molecule has 0 unspecified atom stereocenters. The molecular formula is C28H32N2O8. The second-order valence-corrected chi connectivity index (χ2v) is 10.2. The number of nitrogens with one attached hydrogen (secondary N) is 2. The van der Waals surface area contributed by atoms with Crippen molar-refractivity contribution in [3.05, 3.63) is 47.5 Å². The van der Waals surface area contributed by atoms with Crippen LogP contribution in [0.5, 0.6) is 17.2 Å². The van der Waals surface area contributed by atoms with E-state index in [0.29, 0.717) is 37.7 Å². The van der Waals surface area contributed by atoms with Crippen LogP contribution in [0.3, 0.4) is 0 Å². The number of anilines is 1. The van der Waals surface area contributed by atoms with E-state index in [0.717, 1.165) is 35.4 Å². The van der Waals surface area contributed by atoms with Crippen LogP contribution in [0.25, 0.3) is 0 Å². The molecule has 2 amide bonds. The fraction of sp³-hybridized carbons (Fsp3) is 0.500. The highest BCUT2D eigenvalue weighted by atomic mass is 16.7. The van der Waals surface area contributed by atoms with Crippen LogP contribution < -0.4 is 24.8 Å². The minimum Gasteiger partial charge on any atom is -0.487 e. The number of hydrogen-bond acceptors (Lipinski definition) is 8. The lowest BCUT2D eigenvalue weighted by Gasteiger charge is -2.37. The molecule has 2 aromatic carbocycles. The van der Waals surface area contributed by atoms with Gasteiger partial charge >= 0.3 is 0 Å². The van der Waals surface area contributed by atoms with Crippen LogP contribution in [0.2, 0.25) is 0 Å². The summed E-state index contributed by atoms with van der Waals surface area (Å²) in [5, 5.41) is 16.0. The van der Waals surface area contributed by atoms with Crippen LogP contribution in [0.4, 0.5) is 5.69 Å². The van der Waals surface area contributed by atoms with Crippen molar-refractivity contribution in [1.82, 2.24) is 5.32 Å². The molecule has 4 heterocycles. The third kappa shape index (κ3) is 5.16. The van der Waals surface area contributed by atoms with E-state index in [-0.39, 0.29) is 55.7 Å². The van der Waals surface area contributed by atoms with Gasteiger partial charge in [0, 0.05) is 42.8 Å². The molecule has 4 atom stereocenters. The second-order valence-electron chi connectivity index (χ2n) is 10.2. The Morgan fingerprint density at radius 3 is 2.66 bits per heavy atom. The molecule has 38 heavy (non-hydrogen) atoms. The average Bonchev–Trinajstić information content (AvgIpc) is 3.56. The molecular weight excluding hydrogens is 492 g/mol. The number of aliphatic hydroxyl groups excluding tert-OH is 1. The maximum atomic E-state index is 12.8. The molecule has 0 aromatic heterocycles. The highest BCUT2D eigenvalue weighted by Gasteiger charge is 2.46. The van der Waals surface area contributed by atoms with E-state index in [2.05, 4.69) is 10.6 Å². The number of amides is 2. The fourth-order valence-electron chi connectivity index (χ4n) is 5.70. The standard InChI is InChI=1S/C28H32N2O8/c31-14-25-27-21(20-10-18(2-4-22(20)38-27)30-28(33)17-5-7-34-8-6-17)11-19(37-25)12-26(32)29-13-16-1-3-23-24(9-16)36-15-35-23/h1-4,9-10,17,19,21,25,27,31H,5-8,11-15H2,(H,29,32)(H,30,33)/t19-,21+,25-,27-/m0/s1. The van der Waals surface area contributed by atoms with Crippen molar-refractivity contribution in [2.45, 2.75) is 56.5 Å². The molecule has 2 aromatic rings. The van der Waals surface area contributed by atoms with E-state index in [1.807, 2.05) is 36.4 Å². The molecule has 202 valence electrons. The number of hydrogen-bond donors (Lipinski definition) is 3. The van der Waals surface area contributed by atoms with Crippen molar-refractivity contribution in [2.75, 3.05) is 31.9 Å². The van der Waals surface area contributed by atoms with Crippen LogP contribution in [0, 0.1) is 5.92 Å². The Balaban J connectivity index is 1.09. The third-order valence-electron chi connectivity index (χ3n) is 7.70. The monoisotopic (exact) mass is 524 g/mol. The average molecular weight is 525 g/mol. The minimum absolute atomic E-state index is 0.000865. The zero-order chi connectivity index (χ0) is 26.1. The predicted molar refractivity (Wildman–Crippen MR) is 135 cm³/mol. The summed E-state index contributed by atoms with van der Waals surface area (Å²) >= 11 is 0. The summed E-state index contributed by atoms with van der Waals surface area (Å²) < 4.78 is 28.3. The van der Waals surface area contributed by atoms with Crippen molar-refractivity contribution in [3.63, 3.8) is 0 Å². The van der Waals surface area contributed by atoms with E-state index >= 15 is 0 Å². The summed E-state index contributed by atoms with van der Waals surface area (Å²) in [6.07, 6.45) is 0.914. The number of rotatable bonds is 7. The Labute approximate surface area is 220 Å². The van der Waals surface area contributed by atoms with Gasteiger partial charge in [-0.15, -0.1) is 0 Å². The molecule has 0 bridgehead atoms. The molecule has 10 nitrogen and oxygen atoms in total. The number of fused-ring (bicyclic) bond motifs is 4. The normalized spacial score (nSPS) is 25.7. The van der Waals surface area contributed by atoms with Crippen molar-refractivity contribution < 1.29 is 38.4 Å². The van der Waals surface area contributed by atoms with Gasteiger partial charge in [-0.2, -0.15) is 0 Å². The quantitative estimate of drug-likeness (QED) is 0.505. The van der Waals surface area contributed by atoms with Gasteiger partial charge < -0.3 is 39.4 Å². The summed E-state index contributed by atoms with van der Waals surface area (Å²) in [6.45, 7) is 1.56. The Morgan fingerprint density at radius 1 is 1.00 bits per heavy atom. The van der Waals surface area contributed by atoms with Gasteiger partial charge in [0.15, 0.2) is 11.5 Å². The van der Waals surface area contributed by atoms with Gasteiger partial charge in [-0.3, -0.25) is 9.59 Å². The number of carbonyl (C=O) groups is 2. The largest absolute Gasteiger partial charge is 0.487 e. The molecule has 6 rings (SSSR count). The van der Waals surface area contributed by atoms with Crippen molar-refractivity contribution in [1.29, 1.82) is 0 Å². The molecule has 4 aliphatic heterocycles. The lowest BCUT2D eigenvalue weighted by molar-refractivity contribution is -0.142. The molecule has 0 aliphatic carbocycles. The fourth-order valence-corrected chi connectivity index (χ4v) is 5.70. The van der Waals surface area contributed by atoms with Crippen LogP contribution >= 0.6 is 0 Å². The summed E-state index contributed by atoms with van der Waals surface area (Å²) in [6, 6.07) is 11.2. The van der Waals surface area contributed by atoms with Gasteiger partial charge in [-0.05, 0) is 55.2 Å². The Kier molecular flexibility index (Phi) is 7.10. The van der Waals surface area contributed by atoms with Crippen LogP contribution in [-0.2, 0) is 25.6 Å².